The van der Waals surface area contributed by atoms with E-state index >= 15 is 0 Å². The number of hydrogen-bond acceptors (Lipinski definition) is 3. The Labute approximate surface area is 114 Å². The van der Waals surface area contributed by atoms with Crippen LogP contribution in [0.3, 0.4) is 0 Å². The van der Waals surface area contributed by atoms with Crippen LogP contribution in [0, 0.1) is 0 Å². The number of rotatable bonds is 7. The van der Waals surface area contributed by atoms with Gasteiger partial charge in [-0.15, -0.1) is 11.6 Å². The summed E-state index contributed by atoms with van der Waals surface area (Å²) in [5.41, 5.74) is 1.31. The first-order chi connectivity index (χ1) is 8.79. The summed E-state index contributed by atoms with van der Waals surface area (Å²) in [6.07, 6.45) is 1.27. The van der Waals surface area contributed by atoms with Gasteiger partial charge < -0.3 is 14.4 Å². The largest absolute Gasteiger partial charge is 0.488 e. The van der Waals surface area contributed by atoms with Gasteiger partial charge in [-0.3, -0.25) is 0 Å². The SMILES string of the molecule is CN(CCOCCCl)CC1Cc2ccccc2O1. The van der Waals surface area contributed by atoms with Crippen molar-refractivity contribution in [3.8, 4) is 5.75 Å². The monoisotopic (exact) mass is 269 g/mol. The summed E-state index contributed by atoms with van der Waals surface area (Å²) in [5, 5.41) is 0. The van der Waals surface area contributed by atoms with E-state index in [4.69, 9.17) is 21.1 Å². The van der Waals surface area contributed by atoms with E-state index in [1.807, 2.05) is 12.1 Å². The zero-order valence-corrected chi connectivity index (χ0v) is 11.5. The van der Waals surface area contributed by atoms with Crippen molar-refractivity contribution in [2.24, 2.45) is 0 Å². The van der Waals surface area contributed by atoms with Crippen molar-refractivity contribution in [2.45, 2.75) is 12.5 Å². The molecule has 2 rings (SSSR count). The van der Waals surface area contributed by atoms with E-state index in [0.717, 1.165) is 31.9 Å². The molecule has 1 unspecified atom stereocenters. The van der Waals surface area contributed by atoms with E-state index in [2.05, 4.69) is 24.1 Å². The van der Waals surface area contributed by atoms with Crippen LogP contribution in [0.4, 0.5) is 0 Å². The molecule has 1 atom stereocenters. The maximum atomic E-state index is 5.90. The number of halogens is 1. The molecule has 1 aliphatic rings. The third-order valence-corrected chi connectivity index (χ3v) is 3.22. The molecule has 0 aliphatic carbocycles. The highest BCUT2D eigenvalue weighted by atomic mass is 35.5. The quantitative estimate of drug-likeness (QED) is 0.559. The second kappa shape index (κ2) is 6.98. The minimum absolute atomic E-state index is 0.264. The average molecular weight is 270 g/mol. The Morgan fingerprint density at radius 3 is 3.00 bits per heavy atom. The fourth-order valence-electron chi connectivity index (χ4n) is 2.17. The van der Waals surface area contributed by atoms with Gasteiger partial charge in [0.25, 0.3) is 0 Å². The van der Waals surface area contributed by atoms with Gasteiger partial charge >= 0.3 is 0 Å². The van der Waals surface area contributed by atoms with Crippen LogP contribution in [-0.4, -0.2) is 50.2 Å². The van der Waals surface area contributed by atoms with Crippen molar-refractivity contribution < 1.29 is 9.47 Å². The van der Waals surface area contributed by atoms with Crippen LogP contribution in [0.25, 0.3) is 0 Å². The molecular weight excluding hydrogens is 250 g/mol. The summed E-state index contributed by atoms with van der Waals surface area (Å²) in [5.74, 6) is 1.60. The number of benzene rings is 1. The minimum atomic E-state index is 0.264. The highest BCUT2D eigenvalue weighted by Crippen LogP contribution is 2.28. The smallest absolute Gasteiger partial charge is 0.123 e. The van der Waals surface area contributed by atoms with Gasteiger partial charge in [0.2, 0.25) is 0 Å². The highest BCUT2D eigenvalue weighted by Gasteiger charge is 2.23. The van der Waals surface area contributed by atoms with Gasteiger partial charge in [-0.2, -0.15) is 0 Å². The highest BCUT2D eigenvalue weighted by molar-refractivity contribution is 6.17. The van der Waals surface area contributed by atoms with Gasteiger partial charge in [0.05, 0.1) is 13.2 Å². The zero-order chi connectivity index (χ0) is 12.8. The molecule has 0 radical (unpaired) electrons. The number of alkyl halides is 1. The molecule has 1 aliphatic heterocycles. The van der Waals surface area contributed by atoms with Crippen molar-refractivity contribution >= 4 is 11.6 Å². The molecule has 1 heterocycles. The number of nitrogens with zero attached hydrogens (tertiary/aromatic N) is 1. The summed E-state index contributed by atoms with van der Waals surface area (Å²) < 4.78 is 11.3. The van der Waals surface area contributed by atoms with Gasteiger partial charge in [0.15, 0.2) is 0 Å². The topological polar surface area (TPSA) is 21.7 Å². The Kier molecular flexibility index (Phi) is 5.29. The standard InChI is InChI=1S/C14H20ClNO2/c1-16(7-9-17-8-6-15)11-13-10-12-4-2-3-5-14(12)18-13/h2-5,13H,6-11H2,1H3. The van der Waals surface area contributed by atoms with Crippen molar-refractivity contribution in [2.75, 3.05) is 39.2 Å². The Hall–Kier alpha value is -0.770. The van der Waals surface area contributed by atoms with Crippen LogP contribution in [-0.2, 0) is 11.2 Å². The Morgan fingerprint density at radius 1 is 1.39 bits per heavy atom. The summed E-state index contributed by atoms with van der Waals surface area (Å²) in [6, 6.07) is 8.26. The predicted octanol–water partition coefficient (Wildman–Crippen LogP) is 2.18. The first-order valence-corrected chi connectivity index (χ1v) is 6.90. The fraction of sp³-hybridized carbons (Fsp3) is 0.571. The Morgan fingerprint density at radius 2 is 2.22 bits per heavy atom. The summed E-state index contributed by atoms with van der Waals surface area (Å²) in [7, 11) is 2.09. The summed E-state index contributed by atoms with van der Waals surface area (Å²) in [4.78, 5) is 2.24. The van der Waals surface area contributed by atoms with Gasteiger partial charge in [0, 0.05) is 25.4 Å². The van der Waals surface area contributed by atoms with E-state index in [0.29, 0.717) is 12.5 Å². The lowest BCUT2D eigenvalue weighted by molar-refractivity contribution is 0.105. The van der Waals surface area contributed by atoms with Crippen molar-refractivity contribution in [3.05, 3.63) is 29.8 Å². The second-order valence-electron chi connectivity index (χ2n) is 4.62. The first kappa shape index (κ1) is 13.7. The number of fused-ring (bicyclic) bond motifs is 1. The van der Waals surface area contributed by atoms with Gasteiger partial charge in [-0.1, -0.05) is 18.2 Å². The van der Waals surface area contributed by atoms with E-state index in [-0.39, 0.29) is 6.10 Å². The summed E-state index contributed by atoms with van der Waals surface area (Å²) >= 11 is 5.55. The maximum Gasteiger partial charge on any atom is 0.123 e. The first-order valence-electron chi connectivity index (χ1n) is 6.36. The van der Waals surface area contributed by atoms with Crippen LogP contribution in [0.1, 0.15) is 5.56 Å². The second-order valence-corrected chi connectivity index (χ2v) is 4.99. The molecule has 0 N–H and O–H groups in total. The third-order valence-electron chi connectivity index (χ3n) is 3.07. The van der Waals surface area contributed by atoms with Crippen LogP contribution in [0.15, 0.2) is 24.3 Å². The lowest BCUT2D eigenvalue weighted by atomic mass is 10.1. The molecule has 1 aromatic rings. The lowest BCUT2D eigenvalue weighted by Gasteiger charge is -2.20. The average Bonchev–Trinajstić information content (AvgIpc) is 2.76. The predicted molar refractivity (Wildman–Crippen MR) is 73.6 cm³/mol. The molecule has 3 nitrogen and oxygen atoms in total. The number of hydrogen-bond donors (Lipinski definition) is 0. The fourth-order valence-corrected chi connectivity index (χ4v) is 2.28. The number of ether oxygens (including phenoxy) is 2. The Balaban J connectivity index is 1.69. The Bertz CT molecular complexity index is 348. The van der Waals surface area contributed by atoms with Crippen LogP contribution in [0.5, 0.6) is 5.75 Å². The molecule has 0 saturated heterocycles. The molecule has 18 heavy (non-hydrogen) atoms. The molecular formula is C14H20ClNO2. The van der Waals surface area contributed by atoms with E-state index in [1.54, 1.807) is 0 Å². The van der Waals surface area contributed by atoms with Crippen molar-refractivity contribution in [3.63, 3.8) is 0 Å². The van der Waals surface area contributed by atoms with E-state index in [1.165, 1.54) is 5.56 Å². The van der Waals surface area contributed by atoms with Gasteiger partial charge in [-0.05, 0) is 18.7 Å². The molecule has 4 heteroatoms. The molecule has 0 saturated carbocycles. The lowest BCUT2D eigenvalue weighted by Crippen LogP contribution is -2.34. The van der Waals surface area contributed by atoms with Gasteiger partial charge in [0.1, 0.15) is 11.9 Å². The van der Waals surface area contributed by atoms with Crippen LogP contribution >= 0.6 is 11.6 Å². The number of para-hydroxylation sites is 1. The molecule has 0 amide bonds. The van der Waals surface area contributed by atoms with Crippen molar-refractivity contribution in [1.82, 2.24) is 4.90 Å². The maximum absolute atomic E-state index is 5.90. The molecule has 0 bridgehead atoms. The molecule has 0 aromatic heterocycles. The van der Waals surface area contributed by atoms with E-state index in [9.17, 15) is 0 Å². The molecule has 100 valence electrons. The van der Waals surface area contributed by atoms with E-state index < -0.39 is 0 Å². The van der Waals surface area contributed by atoms with Crippen molar-refractivity contribution in [1.29, 1.82) is 0 Å². The van der Waals surface area contributed by atoms with Gasteiger partial charge in [-0.25, -0.2) is 0 Å². The van der Waals surface area contributed by atoms with Crippen LogP contribution < -0.4 is 4.74 Å². The molecule has 0 spiro atoms. The summed E-state index contributed by atoms with van der Waals surface area (Å²) in [6.45, 7) is 3.19. The molecule has 0 fully saturated rings. The number of likely N-dealkylation sites (N-methyl/N-ethyl adjacent to an activating group) is 1. The zero-order valence-electron chi connectivity index (χ0n) is 10.8. The minimum Gasteiger partial charge on any atom is -0.488 e. The third kappa shape index (κ3) is 3.87. The normalized spacial score (nSPS) is 17.8. The molecule has 1 aromatic carbocycles. The van der Waals surface area contributed by atoms with Crippen LogP contribution in [0.2, 0.25) is 0 Å².